The number of aromatic nitrogens is 2. The topological polar surface area (TPSA) is 33.5 Å². The fraction of sp³-hybridized carbons (Fsp3) is 0.213. The van der Waals surface area contributed by atoms with Gasteiger partial charge in [0.1, 0.15) is 5.82 Å². The van der Waals surface area contributed by atoms with Crippen molar-refractivity contribution in [1.82, 2.24) is 9.55 Å². The second-order valence-electron chi connectivity index (χ2n) is 20.6. The fourth-order valence-corrected chi connectivity index (χ4v) is 8.86. The molecule has 0 N–H and O–H groups in total. The van der Waals surface area contributed by atoms with E-state index >= 15 is 0 Å². The summed E-state index contributed by atoms with van der Waals surface area (Å²) in [7, 11) is 0. The molecule has 3 heterocycles. The Hall–Kier alpha value is -6.42. The zero-order chi connectivity index (χ0) is 48.6. The van der Waals surface area contributed by atoms with Crippen LogP contribution in [0.2, 0.25) is 0 Å². The molecule has 0 saturated carbocycles. The summed E-state index contributed by atoms with van der Waals surface area (Å²) in [6.45, 7) is 19.8. The zero-order valence-corrected chi connectivity index (χ0v) is 41.9. The van der Waals surface area contributed by atoms with E-state index in [4.69, 9.17) is 13.8 Å². The Balaban J connectivity index is 0.00000608. The zero-order valence-electron chi connectivity index (χ0n) is 42.6. The molecule has 10 rings (SSSR count). The van der Waals surface area contributed by atoms with Gasteiger partial charge < -0.3 is 19.1 Å². The second kappa shape index (κ2) is 17.3. The van der Waals surface area contributed by atoms with Crippen molar-refractivity contribution in [2.75, 3.05) is 9.80 Å². The standard InChI is InChI=1S/C61H57N4O.Pt/c1-40-30-58(62-38-53(40)43-20-16-21-44(31-43)59(2,3)4)65-54-25-15-14-24-51(54)52-28-27-50(37-56(52)65)66-49-23-17-22-47(36-49)63-39-64(48-34-45(60(5,6)7)33-46(35-48)61(8,9)10)55-29-26-42(32-57(55)63)41-18-12-11-13-19-41;/h11-35,38-39H,1-10H3;/q-3;/i1D3;. The van der Waals surface area contributed by atoms with E-state index in [2.05, 4.69) is 176 Å². The molecule has 0 atom stereocenters. The molecular formula is C61H57N4OPt-3. The Bertz CT molecular complexity index is 3380. The quantitative estimate of drug-likeness (QED) is 0.149. The molecule has 6 heteroatoms. The van der Waals surface area contributed by atoms with Gasteiger partial charge in [0.25, 0.3) is 0 Å². The molecule has 1 aliphatic heterocycles. The van der Waals surface area contributed by atoms with Crippen LogP contribution in [0, 0.1) is 25.7 Å². The predicted octanol–water partition coefficient (Wildman–Crippen LogP) is 16.5. The molecule has 0 fully saturated rings. The number of pyridine rings is 1. The summed E-state index contributed by atoms with van der Waals surface area (Å²) in [5, 5.41) is 1.94. The van der Waals surface area contributed by atoms with Gasteiger partial charge in [-0.1, -0.05) is 153 Å². The number of nitrogens with zero attached hydrogens (tertiary/aromatic N) is 4. The number of aryl methyl sites for hydroxylation is 1. The van der Waals surface area contributed by atoms with Crippen LogP contribution in [-0.2, 0) is 37.3 Å². The Kier molecular flexibility index (Phi) is 10.9. The maximum Gasteiger partial charge on any atom is 0.135 e. The van der Waals surface area contributed by atoms with E-state index in [-0.39, 0.29) is 42.9 Å². The Labute approximate surface area is 415 Å². The summed E-state index contributed by atoms with van der Waals surface area (Å²) in [5.41, 5.74) is 12.9. The molecule has 67 heavy (non-hydrogen) atoms. The maximum atomic E-state index is 8.69. The van der Waals surface area contributed by atoms with Crippen molar-refractivity contribution in [2.45, 2.75) is 85.4 Å². The van der Waals surface area contributed by atoms with E-state index in [9.17, 15) is 0 Å². The van der Waals surface area contributed by atoms with Crippen LogP contribution in [0.1, 0.15) is 88.7 Å². The number of para-hydroxylation sites is 1. The molecule has 0 saturated heterocycles. The van der Waals surface area contributed by atoms with E-state index in [1.807, 2.05) is 65.2 Å². The van der Waals surface area contributed by atoms with E-state index < -0.39 is 6.85 Å². The minimum absolute atomic E-state index is 0. The number of benzene rings is 7. The van der Waals surface area contributed by atoms with Gasteiger partial charge in [-0.25, -0.2) is 4.98 Å². The van der Waals surface area contributed by atoms with E-state index in [0.717, 1.165) is 61.3 Å². The van der Waals surface area contributed by atoms with Crippen LogP contribution in [0.25, 0.3) is 49.9 Å². The van der Waals surface area contributed by atoms with Gasteiger partial charge in [-0.05, 0) is 104 Å². The first-order valence-electron chi connectivity index (χ1n) is 24.3. The minimum atomic E-state index is -2.40. The molecular weight excluding hydrogens is 1000 g/mol. The number of ether oxygens (including phenoxy) is 1. The van der Waals surface area contributed by atoms with Crippen molar-refractivity contribution in [3.8, 4) is 39.6 Å². The monoisotopic (exact) mass is 1060 g/mol. The van der Waals surface area contributed by atoms with Crippen molar-refractivity contribution in [3.63, 3.8) is 0 Å². The summed E-state index contributed by atoms with van der Waals surface area (Å²) >= 11 is 0. The van der Waals surface area contributed by atoms with Crippen molar-refractivity contribution in [1.29, 1.82) is 0 Å². The van der Waals surface area contributed by atoms with Crippen molar-refractivity contribution in [2.24, 2.45) is 0 Å². The summed E-state index contributed by atoms with van der Waals surface area (Å²) in [6, 6.07) is 59.1. The molecule has 340 valence electrons. The van der Waals surface area contributed by atoms with Crippen LogP contribution in [0.15, 0.2) is 158 Å². The number of fused-ring (bicyclic) bond motifs is 4. The van der Waals surface area contributed by atoms with E-state index in [1.165, 1.54) is 11.1 Å². The third-order valence-corrected chi connectivity index (χ3v) is 12.7. The summed E-state index contributed by atoms with van der Waals surface area (Å²) in [4.78, 5) is 9.45. The van der Waals surface area contributed by atoms with Gasteiger partial charge in [0.15, 0.2) is 0 Å². The Morgan fingerprint density at radius 1 is 0.552 bits per heavy atom. The molecule has 7 aromatic carbocycles. The molecule has 0 unspecified atom stereocenters. The average molecular weight is 1060 g/mol. The number of hydrogen-bond donors (Lipinski definition) is 0. The Morgan fingerprint density at radius 3 is 1.97 bits per heavy atom. The number of anilines is 4. The maximum absolute atomic E-state index is 8.69. The molecule has 0 amide bonds. The first-order chi connectivity index (χ1) is 32.7. The SMILES string of the molecule is [2H]C([2H])([2H])c1cc(-n2c3[c-]c(Oc4[c-]c(N5[CH-]N(c6cc(C(C)(C)C)cc(C(C)(C)C)c6)c6ccc(-c7ccccc7)cc65)ccc4)ccc3c3ccccc32)ncc1-c1cccc(C(C)(C)C)c1.[Pt]. The van der Waals surface area contributed by atoms with E-state index in [1.54, 1.807) is 12.3 Å². The van der Waals surface area contributed by atoms with Gasteiger partial charge in [0.05, 0.1) is 0 Å². The van der Waals surface area contributed by atoms with Gasteiger partial charge in [0, 0.05) is 71.0 Å². The first kappa shape index (κ1) is 42.0. The van der Waals surface area contributed by atoms with Crippen molar-refractivity contribution < 1.29 is 29.9 Å². The summed E-state index contributed by atoms with van der Waals surface area (Å²) in [6.07, 6.45) is 1.70. The Morgan fingerprint density at radius 2 is 1.24 bits per heavy atom. The normalized spacial score (nSPS) is 13.8. The molecule has 0 bridgehead atoms. The van der Waals surface area contributed by atoms with Gasteiger partial charge in [0.2, 0.25) is 0 Å². The van der Waals surface area contributed by atoms with Gasteiger partial charge >= 0.3 is 0 Å². The second-order valence-corrected chi connectivity index (χ2v) is 20.6. The average Bonchev–Trinajstić information content (AvgIpc) is 3.86. The molecule has 9 aromatic rings. The van der Waals surface area contributed by atoms with E-state index in [0.29, 0.717) is 28.4 Å². The number of hydrogen-bond acceptors (Lipinski definition) is 4. The minimum Gasteiger partial charge on any atom is -0.509 e. The fourth-order valence-electron chi connectivity index (χ4n) is 8.86. The summed E-state index contributed by atoms with van der Waals surface area (Å²) in [5.74, 6) is 1.49. The third kappa shape index (κ3) is 8.83. The molecule has 5 nitrogen and oxygen atoms in total. The van der Waals surface area contributed by atoms with Gasteiger partial charge in [-0.15, -0.1) is 48.1 Å². The van der Waals surface area contributed by atoms with Crippen LogP contribution < -0.4 is 14.5 Å². The van der Waals surface area contributed by atoms with Crippen LogP contribution >= 0.6 is 0 Å². The van der Waals surface area contributed by atoms with Crippen LogP contribution in [0.5, 0.6) is 11.5 Å². The first-order valence-corrected chi connectivity index (χ1v) is 22.8. The molecule has 1 aliphatic rings. The molecule has 0 aliphatic carbocycles. The smallest absolute Gasteiger partial charge is 0.135 e. The third-order valence-electron chi connectivity index (χ3n) is 12.7. The van der Waals surface area contributed by atoms with Crippen LogP contribution in [-0.4, -0.2) is 9.55 Å². The largest absolute Gasteiger partial charge is 0.509 e. The van der Waals surface area contributed by atoms with Gasteiger partial charge in [-0.2, -0.15) is 12.1 Å². The van der Waals surface area contributed by atoms with Crippen molar-refractivity contribution >= 4 is 44.6 Å². The van der Waals surface area contributed by atoms with Crippen LogP contribution in [0.4, 0.5) is 22.7 Å². The predicted molar refractivity (Wildman–Crippen MR) is 276 cm³/mol. The number of rotatable bonds is 7. The molecule has 0 spiro atoms. The summed E-state index contributed by atoms with van der Waals surface area (Å²) < 4.78 is 34.7. The van der Waals surface area contributed by atoms with Crippen molar-refractivity contribution in [3.05, 3.63) is 199 Å². The molecule has 2 aromatic heterocycles. The van der Waals surface area contributed by atoms with Crippen LogP contribution in [0.3, 0.4) is 0 Å². The molecule has 0 radical (unpaired) electrons. The van der Waals surface area contributed by atoms with Gasteiger partial charge in [-0.3, -0.25) is 0 Å².